The minimum atomic E-state index is -0.654. The molecule has 0 saturated heterocycles. The highest BCUT2D eigenvalue weighted by Gasteiger charge is 2.17. The van der Waals surface area contributed by atoms with Crippen molar-refractivity contribution in [2.75, 3.05) is 26.9 Å². The third-order valence-electron chi connectivity index (χ3n) is 2.94. The van der Waals surface area contributed by atoms with Crippen LogP contribution in [0, 0.1) is 0 Å². The van der Waals surface area contributed by atoms with E-state index in [0.29, 0.717) is 24.7 Å². The lowest BCUT2D eigenvalue weighted by molar-refractivity contribution is -0.124. The van der Waals surface area contributed by atoms with E-state index in [2.05, 4.69) is 5.32 Å². The molecule has 0 radical (unpaired) electrons. The molecule has 1 amide bonds. The number of rotatable bonds is 9. The number of nitrogens with one attached hydrogen (secondary N) is 1. The van der Waals surface area contributed by atoms with Crippen molar-refractivity contribution in [3.8, 4) is 11.5 Å². The normalized spacial score (nSPS) is 10.1. The van der Waals surface area contributed by atoms with Gasteiger partial charge in [0, 0.05) is 6.54 Å². The van der Waals surface area contributed by atoms with Crippen molar-refractivity contribution in [1.82, 2.24) is 5.32 Å². The first-order chi connectivity index (χ1) is 11.0. The van der Waals surface area contributed by atoms with Gasteiger partial charge in [-0.2, -0.15) is 0 Å². The van der Waals surface area contributed by atoms with Crippen LogP contribution in [-0.4, -0.2) is 38.7 Å². The van der Waals surface area contributed by atoms with E-state index in [1.54, 1.807) is 0 Å². The average molecular weight is 344 g/mol. The number of methoxy groups -OCH3 is 1. The number of amides is 1. The Morgan fingerprint density at radius 3 is 2.61 bits per heavy atom. The minimum absolute atomic E-state index is 0.191. The molecule has 0 aliphatic heterocycles. The molecule has 23 heavy (non-hydrogen) atoms. The summed E-state index contributed by atoms with van der Waals surface area (Å²) < 4.78 is 15.5. The predicted octanol–water partition coefficient (Wildman–Crippen LogP) is 2.82. The first-order valence-electron chi connectivity index (χ1n) is 7.47. The van der Waals surface area contributed by atoms with E-state index in [-0.39, 0.29) is 23.1 Å². The first kappa shape index (κ1) is 19.1. The van der Waals surface area contributed by atoms with Gasteiger partial charge in [-0.05, 0) is 25.5 Å². The Kier molecular flexibility index (Phi) is 8.26. The Bertz CT molecular complexity index is 548. The van der Waals surface area contributed by atoms with Crippen molar-refractivity contribution in [3.63, 3.8) is 0 Å². The van der Waals surface area contributed by atoms with Crippen LogP contribution in [0.4, 0.5) is 0 Å². The van der Waals surface area contributed by atoms with Gasteiger partial charge in [-0.3, -0.25) is 4.79 Å². The molecule has 0 saturated carbocycles. The van der Waals surface area contributed by atoms with E-state index < -0.39 is 5.97 Å². The molecule has 0 unspecified atom stereocenters. The van der Waals surface area contributed by atoms with Gasteiger partial charge in [-0.25, -0.2) is 4.79 Å². The second-order valence-electron chi connectivity index (χ2n) is 4.70. The van der Waals surface area contributed by atoms with Crippen LogP contribution >= 0.6 is 11.6 Å². The number of halogens is 1. The van der Waals surface area contributed by atoms with E-state index in [9.17, 15) is 9.59 Å². The summed E-state index contributed by atoms with van der Waals surface area (Å²) in [4.78, 5) is 23.5. The number of benzene rings is 1. The van der Waals surface area contributed by atoms with Crippen LogP contribution in [0.15, 0.2) is 12.1 Å². The summed E-state index contributed by atoms with van der Waals surface area (Å²) >= 11 is 6.09. The van der Waals surface area contributed by atoms with E-state index >= 15 is 0 Å². The average Bonchev–Trinajstić information content (AvgIpc) is 2.54. The molecule has 0 heterocycles. The van der Waals surface area contributed by atoms with Gasteiger partial charge in [0.05, 0.1) is 24.3 Å². The molecule has 0 atom stereocenters. The highest BCUT2D eigenvalue weighted by atomic mass is 35.5. The third kappa shape index (κ3) is 5.98. The van der Waals surface area contributed by atoms with Crippen LogP contribution in [0.3, 0.4) is 0 Å². The molecule has 128 valence electrons. The summed E-state index contributed by atoms with van der Waals surface area (Å²) in [6.45, 7) is 4.48. The fourth-order valence-corrected chi connectivity index (χ4v) is 2.06. The third-order valence-corrected chi connectivity index (χ3v) is 3.22. The van der Waals surface area contributed by atoms with Gasteiger partial charge in [0.15, 0.2) is 18.1 Å². The van der Waals surface area contributed by atoms with Crippen molar-refractivity contribution >= 4 is 23.5 Å². The van der Waals surface area contributed by atoms with E-state index in [1.807, 2.05) is 13.8 Å². The van der Waals surface area contributed by atoms with Gasteiger partial charge in [0.25, 0.3) is 5.91 Å². The molecular formula is C16H22ClNO5. The monoisotopic (exact) mass is 343 g/mol. The molecule has 7 heteroatoms. The molecule has 0 spiro atoms. The smallest absolute Gasteiger partial charge is 0.338 e. The number of hydrogen-bond acceptors (Lipinski definition) is 5. The molecule has 6 nitrogen and oxygen atoms in total. The topological polar surface area (TPSA) is 73.9 Å². The quantitative estimate of drug-likeness (QED) is 0.551. The lowest BCUT2D eigenvalue weighted by Crippen LogP contribution is -2.29. The number of carbonyl (C=O) groups is 2. The fraction of sp³-hybridized carbons (Fsp3) is 0.500. The summed E-state index contributed by atoms with van der Waals surface area (Å²) in [7, 11) is 1.45. The van der Waals surface area contributed by atoms with Crippen LogP contribution in [0.25, 0.3) is 0 Å². The van der Waals surface area contributed by atoms with Crippen LogP contribution < -0.4 is 14.8 Å². The zero-order valence-corrected chi connectivity index (χ0v) is 14.4. The van der Waals surface area contributed by atoms with Crippen LogP contribution in [0.5, 0.6) is 11.5 Å². The summed E-state index contributed by atoms with van der Waals surface area (Å²) in [6.07, 6.45) is 1.86. The summed E-state index contributed by atoms with van der Waals surface area (Å²) in [6, 6.07) is 2.89. The lowest BCUT2D eigenvalue weighted by atomic mass is 10.2. The lowest BCUT2D eigenvalue weighted by Gasteiger charge is -2.13. The highest BCUT2D eigenvalue weighted by Crippen LogP contribution is 2.36. The van der Waals surface area contributed by atoms with Crippen molar-refractivity contribution in [1.29, 1.82) is 0 Å². The number of ether oxygens (including phenoxy) is 3. The van der Waals surface area contributed by atoms with Gasteiger partial charge in [0.2, 0.25) is 0 Å². The molecule has 1 N–H and O–H groups in total. The van der Waals surface area contributed by atoms with Crippen molar-refractivity contribution < 1.29 is 23.8 Å². The Hall–Kier alpha value is -1.95. The van der Waals surface area contributed by atoms with Crippen molar-refractivity contribution in [2.24, 2.45) is 0 Å². The van der Waals surface area contributed by atoms with Crippen molar-refractivity contribution in [3.05, 3.63) is 22.7 Å². The van der Waals surface area contributed by atoms with Gasteiger partial charge >= 0.3 is 5.97 Å². The molecule has 0 aliphatic carbocycles. The second kappa shape index (κ2) is 9.94. The van der Waals surface area contributed by atoms with Crippen molar-refractivity contribution in [2.45, 2.75) is 26.7 Å². The summed E-state index contributed by atoms with van der Waals surface area (Å²) in [5, 5.41) is 2.90. The minimum Gasteiger partial charge on any atom is -0.493 e. The molecular weight excluding hydrogens is 322 g/mol. The maximum Gasteiger partial charge on any atom is 0.338 e. The predicted molar refractivity (Wildman–Crippen MR) is 87.4 cm³/mol. The molecule has 0 aromatic heterocycles. The SMILES string of the molecule is CCCCNC(=O)COC(=O)c1cc(Cl)c(OCC)c(OC)c1. The molecule has 1 aromatic rings. The van der Waals surface area contributed by atoms with Crippen LogP contribution in [0.2, 0.25) is 5.02 Å². The van der Waals surface area contributed by atoms with Gasteiger partial charge in [-0.1, -0.05) is 24.9 Å². The molecule has 0 aliphatic rings. The molecule has 1 aromatic carbocycles. The van der Waals surface area contributed by atoms with E-state index in [4.69, 9.17) is 25.8 Å². The Balaban J connectivity index is 2.69. The van der Waals surface area contributed by atoms with Gasteiger partial charge in [0.1, 0.15) is 0 Å². The second-order valence-corrected chi connectivity index (χ2v) is 5.11. The van der Waals surface area contributed by atoms with Gasteiger partial charge in [-0.15, -0.1) is 0 Å². The number of unbranched alkanes of at least 4 members (excludes halogenated alkanes) is 1. The highest BCUT2D eigenvalue weighted by molar-refractivity contribution is 6.32. The first-order valence-corrected chi connectivity index (χ1v) is 7.85. The van der Waals surface area contributed by atoms with Crippen LogP contribution in [-0.2, 0) is 9.53 Å². The van der Waals surface area contributed by atoms with E-state index in [0.717, 1.165) is 12.8 Å². The number of hydrogen-bond donors (Lipinski definition) is 1. The summed E-state index contributed by atoms with van der Waals surface area (Å²) in [5.74, 6) is -0.293. The zero-order chi connectivity index (χ0) is 17.2. The molecule has 0 bridgehead atoms. The Morgan fingerprint density at radius 1 is 1.26 bits per heavy atom. The van der Waals surface area contributed by atoms with Crippen LogP contribution in [0.1, 0.15) is 37.0 Å². The molecule has 1 rings (SSSR count). The number of esters is 1. The number of carbonyl (C=O) groups excluding carboxylic acids is 2. The maximum absolute atomic E-state index is 12.0. The zero-order valence-electron chi connectivity index (χ0n) is 13.6. The Morgan fingerprint density at radius 2 is 2.00 bits per heavy atom. The standard InChI is InChI=1S/C16H22ClNO5/c1-4-6-7-18-14(19)10-23-16(20)11-8-12(17)15(22-5-2)13(9-11)21-3/h8-9H,4-7,10H2,1-3H3,(H,18,19). The summed E-state index contributed by atoms with van der Waals surface area (Å²) in [5.41, 5.74) is 0.191. The maximum atomic E-state index is 12.0. The Labute approximate surface area is 141 Å². The van der Waals surface area contributed by atoms with Gasteiger partial charge < -0.3 is 19.5 Å². The van der Waals surface area contributed by atoms with E-state index in [1.165, 1.54) is 19.2 Å². The fourth-order valence-electron chi connectivity index (χ4n) is 1.79. The molecule has 0 fully saturated rings. The largest absolute Gasteiger partial charge is 0.493 e.